The van der Waals surface area contributed by atoms with Crippen molar-refractivity contribution >= 4 is 78.8 Å². The van der Waals surface area contributed by atoms with E-state index in [2.05, 4.69) is 15.8 Å². The SMILES string of the molecule is COS(=O)S(=S)(=S)SSSS. The number of rotatable bonds is 5. The van der Waals surface area contributed by atoms with Crippen molar-refractivity contribution < 1.29 is 8.39 Å². The Morgan fingerprint density at radius 3 is 2.55 bits per heavy atom. The standard InChI is InChI=1S/CH4O2S8/c1-3-10(2)11(5,6)9-8-7-4/h4H,1H3. The van der Waals surface area contributed by atoms with Crippen LogP contribution in [0.5, 0.6) is 0 Å². The molecule has 0 aromatic carbocycles. The molecule has 0 aromatic heterocycles. The maximum Gasteiger partial charge on any atom is 0.236 e. The highest BCUT2D eigenvalue weighted by molar-refractivity contribution is 9.45. The van der Waals surface area contributed by atoms with Gasteiger partial charge in [-0.2, -0.15) is 0 Å². The van der Waals surface area contributed by atoms with Crippen LogP contribution in [0.1, 0.15) is 0 Å². The van der Waals surface area contributed by atoms with Gasteiger partial charge in [0.2, 0.25) is 10.1 Å². The van der Waals surface area contributed by atoms with E-state index in [-0.39, 0.29) is 0 Å². The van der Waals surface area contributed by atoms with Crippen LogP contribution in [0.2, 0.25) is 0 Å². The molecule has 0 N–H and O–H groups in total. The van der Waals surface area contributed by atoms with Gasteiger partial charge in [-0.1, -0.05) is 11.7 Å². The van der Waals surface area contributed by atoms with Crippen LogP contribution in [-0.2, 0) is 41.9 Å². The monoisotopic (exact) mass is 304 g/mol. The molecule has 1 unspecified atom stereocenters. The van der Waals surface area contributed by atoms with Gasteiger partial charge in [0.15, 0.2) is 0 Å². The Kier molecular flexibility index (Phi) is 8.11. The van der Waals surface area contributed by atoms with E-state index in [9.17, 15) is 4.21 Å². The Hall–Kier alpha value is 2.30. The Bertz CT molecular complexity index is 214. The fraction of sp³-hybridized carbons (Fsp3) is 1.00. The highest BCUT2D eigenvalue weighted by Crippen LogP contribution is 2.42. The molecule has 0 aliphatic rings. The van der Waals surface area contributed by atoms with Crippen molar-refractivity contribution in [3.05, 3.63) is 0 Å². The Labute approximate surface area is 93.2 Å². The van der Waals surface area contributed by atoms with Crippen molar-refractivity contribution in [3.63, 3.8) is 0 Å². The number of hydrogen-bond donors (Lipinski definition) is 1. The van der Waals surface area contributed by atoms with Crippen molar-refractivity contribution in [3.8, 4) is 0 Å². The Morgan fingerprint density at radius 2 is 2.18 bits per heavy atom. The highest BCUT2D eigenvalue weighted by atomic mass is 34.0. The van der Waals surface area contributed by atoms with Crippen LogP contribution in [0.4, 0.5) is 0 Å². The van der Waals surface area contributed by atoms with E-state index >= 15 is 0 Å². The summed E-state index contributed by atoms with van der Waals surface area (Å²) in [5.41, 5.74) is 0. The summed E-state index contributed by atoms with van der Waals surface area (Å²) >= 11 is 13.7. The lowest BCUT2D eigenvalue weighted by Crippen LogP contribution is -2.00. The molecule has 0 saturated heterocycles. The molecular formula is CH4O2S8. The van der Waals surface area contributed by atoms with Gasteiger partial charge in [-0.25, -0.2) is 4.21 Å². The Balaban J connectivity index is 4.12. The fourth-order valence-electron chi connectivity index (χ4n) is 0.152. The van der Waals surface area contributed by atoms with E-state index in [0.29, 0.717) is 0 Å². The van der Waals surface area contributed by atoms with Crippen molar-refractivity contribution in [1.29, 1.82) is 0 Å². The molecule has 0 saturated carbocycles. The first-order chi connectivity index (χ1) is 5.04. The number of thiol groups is 1. The predicted octanol–water partition coefficient (Wildman–Crippen LogP) is 2.08. The summed E-state index contributed by atoms with van der Waals surface area (Å²) in [6.45, 7) is 0. The summed E-state index contributed by atoms with van der Waals surface area (Å²) in [5, 5.41) is -2.05. The second kappa shape index (κ2) is 6.71. The predicted molar refractivity (Wildman–Crippen MR) is 69.0 cm³/mol. The molecule has 0 aliphatic carbocycles. The Morgan fingerprint density at radius 1 is 1.64 bits per heavy atom. The molecule has 0 aromatic rings. The van der Waals surface area contributed by atoms with E-state index in [1.165, 1.54) is 36.6 Å². The second-order valence-corrected chi connectivity index (χ2v) is 18.6. The lowest BCUT2D eigenvalue weighted by molar-refractivity contribution is 0.458. The van der Waals surface area contributed by atoms with Gasteiger partial charge >= 0.3 is 0 Å². The topological polar surface area (TPSA) is 26.3 Å². The van der Waals surface area contributed by atoms with Crippen LogP contribution in [0.15, 0.2) is 0 Å². The van der Waals surface area contributed by atoms with Crippen molar-refractivity contribution in [2.45, 2.75) is 0 Å². The van der Waals surface area contributed by atoms with Crippen molar-refractivity contribution in [2.75, 3.05) is 7.11 Å². The van der Waals surface area contributed by atoms with Gasteiger partial charge in [-0.3, -0.25) is 4.18 Å². The first-order valence-corrected chi connectivity index (χ1v) is 12.1. The molecule has 0 heterocycles. The largest absolute Gasteiger partial charge is 0.284 e. The van der Waals surface area contributed by atoms with Gasteiger partial charge in [-0.15, -0.1) is 0 Å². The van der Waals surface area contributed by atoms with E-state index in [0.717, 1.165) is 0 Å². The zero-order valence-electron chi connectivity index (χ0n) is 5.12. The molecule has 0 bridgehead atoms. The van der Waals surface area contributed by atoms with Crippen molar-refractivity contribution in [2.24, 2.45) is 0 Å². The van der Waals surface area contributed by atoms with Gasteiger partial charge in [0.1, 0.15) is 0 Å². The van der Waals surface area contributed by atoms with E-state index < -0.39 is 15.3 Å². The molecular weight excluding hydrogens is 301 g/mol. The average molecular weight is 305 g/mol. The summed E-state index contributed by atoms with van der Waals surface area (Å²) in [7, 11) is 3.54. The van der Waals surface area contributed by atoms with Gasteiger partial charge in [-0.05, 0) is 42.0 Å². The molecule has 10 heteroatoms. The molecule has 68 valence electrons. The van der Waals surface area contributed by atoms with Crippen LogP contribution in [-0.4, -0.2) is 11.3 Å². The van der Waals surface area contributed by atoms with Crippen LogP contribution >= 0.6 is 41.1 Å². The minimum absolute atomic E-state index is 1.20. The lowest BCUT2D eigenvalue weighted by atomic mass is 11.8. The molecule has 1 atom stereocenters. The van der Waals surface area contributed by atoms with E-state index in [1.54, 1.807) is 0 Å². The first kappa shape index (κ1) is 13.3. The molecule has 0 fully saturated rings. The summed E-state index contributed by atoms with van der Waals surface area (Å²) in [5.74, 6) is 0. The maximum atomic E-state index is 11.0. The zero-order valence-corrected chi connectivity index (χ0v) is 11.7. The minimum Gasteiger partial charge on any atom is -0.284 e. The minimum atomic E-state index is -2.05. The van der Waals surface area contributed by atoms with Crippen LogP contribution in [0.25, 0.3) is 0 Å². The first-order valence-electron chi connectivity index (χ1n) is 1.92. The molecule has 0 amide bonds. The molecule has 2 nitrogen and oxygen atoms in total. The van der Waals surface area contributed by atoms with Crippen LogP contribution in [0, 0.1) is 0 Å². The van der Waals surface area contributed by atoms with Crippen LogP contribution < -0.4 is 0 Å². The number of hydrogen-bond acceptors (Lipinski definition) is 8. The van der Waals surface area contributed by atoms with E-state index in [4.69, 9.17) is 22.4 Å². The van der Waals surface area contributed by atoms with E-state index in [1.807, 2.05) is 0 Å². The molecule has 0 spiro atoms. The third-order valence-electron chi connectivity index (χ3n) is 0.444. The summed E-state index contributed by atoms with van der Waals surface area (Å²) in [4.78, 5) is 0. The zero-order chi connectivity index (χ0) is 8.91. The molecule has 11 heavy (non-hydrogen) atoms. The maximum absolute atomic E-state index is 11.0. The quantitative estimate of drug-likeness (QED) is 0.613. The normalized spacial score (nSPS) is 14.7. The summed E-state index contributed by atoms with van der Waals surface area (Å²) < 4.78 is 15.5. The van der Waals surface area contributed by atoms with Crippen LogP contribution in [0.3, 0.4) is 0 Å². The second-order valence-electron chi connectivity index (χ2n) is 0.990. The van der Waals surface area contributed by atoms with Gasteiger partial charge in [0.25, 0.3) is 0 Å². The molecule has 0 aliphatic heterocycles. The average Bonchev–Trinajstić information content (AvgIpc) is 1.99. The van der Waals surface area contributed by atoms with Crippen molar-refractivity contribution in [1.82, 2.24) is 0 Å². The van der Waals surface area contributed by atoms with Gasteiger partial charge in [0, 0.05) is 9.83 Å². The van der Waals surface area contributed by atoms with Gasteiger partial charge < -0.3 is 0 Å². The molecule has 0 rings (SSSR count). The fourth-order valence-corrected chi connectivity index (χ4v) is 15.4. The lowest BCUT2D eigenvalue weighted by Gasteiger charge is -2.03. The summed E-state index contributed by atoms with van der Waals surface area (Å²) in [6.07, 6.45) is 0. The highest BCUT2D eigenvalue weighted by Gasteiger charge is 2.12. The third kappa shape index (κ3) is 5.57. The summed E-state index contributed by atoms with van der Waals surface area (Å²) in [6, 6.07) is 0. The third-order valence-corrected chi connectivity index (χ3v) is 16.8. The molecule has 0 radical (unpaired) electrons. The van der Waals surface area contributed by atoms with Gasteiger partial charge in [0.05, 0.1) is 12.3 Å². The smallest absolute Gasteiger partial charge is 0.236 e.